The van der Waals surface area contributed by atoms with Gasteiger partial charge in [-0.05, 0) is 52.2 Å². The summed E-state index contributed by atoms with van der Waals surface area (Å²) in [5.74, 6) is 1.28. The molecule has 9 nitrogen and oxygen atoms in total. The summed E-state index contributed by atoms with van der Waals surface area (Å²) in [6.07, 6.45) is 2.02. The number of carbonyl (C=O) groups excluding carboxylic acids is 1. The molecular weight excluding hydrogens is 485 g/mol. The van der Waals surface area contributed by atoms with Crippen LogP contribution in [-0.4, -0.2) is 55.0 Å². The van der Waals surface area contributed by atoms with E-state index in [1.165, 1.54) is 14.2 Å². The van der Waals surface area contributed by atoms with Crippen LogP contribution in [0.4, 0.5) is 26.5 Å². The second-order valence-corrected chi connectivity index (χ2v) is 10.0. The van der Waals surface area contributed by atoms with Crippen molar-refractivity contribution in [1.82, 2.24) is 10.3 Å². The zero-order valence-corrected chi connectivity index (χ0v) is 22.5. The standard InChI is InChI=1S/C25H34FN5O4S/c1-15(28-24(32)35-25(2,3)4)21(8-9-36-7)30-23-20(26)10-16(14-27)22(31-23)29-17-11-18(33-5)13-19(12-17)34-6/h10-13,15,21H,8-9H2,1-7H3,(H,28,32)(H2,29,30,31)/t15-,21+/m0/s1. The van der Waals surface area contributed by atoms with Crippen LogP contribution in [0, 0.1) is 17.1 Å². The van der Waals surface area contributed by atoms with Gasteiger partial charge in [-0.15, -0.1) is 0 Å². The van der Waals surface area contributed by atoms with Crippen molar-refractivity contribution in [3.8, 4) is 17.6 Å². The molecule has 0 bridgehead atoms. The van der Waals surface area contributed by atoms with Gasteiger partial charge in [-0.3, -0.25) is 0 Å². The third-order valence-corrected chi connectivity index (χ3v) is 5.66. The summed E-state index contributed by atoms with van der Waals surface area (Å²) in [5.41, 5.74) is -0.0667. The van der Waals surface area contributed by atoms with Crippen molar-refractivity contribution in [2.24, 2.45) is 0 Å². The second kappa shape index (κ2) is 13.1. The minimum absolute atomic E-state index is 0.0282. The van der Waals surface area contributed by atoms with Crippen LogP contribution in [0.1, 0.15) is 39.7 Å². The first-order chi connectivity index (χ1) is 17.0. The smallest absolute Gasteiger partial charge is 0.407 e. The molecule has 11 heteroatoms. The fourth-order valence-corrected chi connectivity index (χ4v) is 3.74. The van der Waals surface area contributed by atoms with Crippen LogP contribution >= 0.6 is 11.8 Å². The molecule has 2 atom stereocenters. The van der Waals surface area contributed by atoms with Crippen LogP contribution < -0.4 is 25.4 Å². The number of carbonyl (C=O) groups is 1. The van der Waals surface area contributed by atoms with Crippen molar-refractivity contribution in [2.75, 3.05) is 36.9 Å². The van der Waals surface area contributed by atoms with Gasteiger partial charge in [0.1, 0.15) is 23.2 Å². The van der Waals surface area contributed by atoms with Crippen LogP contribution in [-0.2, 0) is 4.74 Å². The normalized spacial score (nSPS) is 12.6. The van der Waals surface area contributed by atoms with Crippen LogP contribution in [0.3, 0.4) is 0 Å². The highest BCUT2D eigenvalue weighted by Crippen LogP contribution is 2.30. The first-order valence-electron chi connectivity index (χ1n) is 11.3. The van der Waals surface area contributed by atoms with Gasteiger partial charge < -0.3 is 30.2 Å². The Kier molecular flexibility index (Phi) is 10.5. The van der Waals surface area contributed by atoms with Gasteiger partial charge in [-0.1, -0.05) is 0 Å². The Balaban J connectivity index is 2.33. The topological polar surface area (TPSA) is 118 Å². The Morgan fingerprint density at radius 3 is 2.33 bits per heavy atom. The molecule has 1 amide bonds. The zero-order chi connectivity index (χ0) is 26.9. The quantitative estimate of drug-likeness (QED) is 0.363. The number of methoxy groups -OCH3 is 2. The lowest BCUT2D eigenvalue weighted by atomic mass is 10.1. The molecule has 0 aliphatic heterocycles. The average molecular weight is 520 g/mol. The molecule has 0 saturated heterocycles. The van der Waals surface area contributed by atoms with Gasteiger partial charge >= 0.3 is 6.09 Å². The lowest BCUT2D eigenvalue weighted by Gasteiger charge is -2.28. The molecule has 0 saturated carbocycles. The van der Waals surface area contributed by atoms with Gasteiger partial charge in [0, 0.05) is 36.0 Å². The van der Waals surface area contributed by atoms with E-state index in [4.69, 9.17) is 14.2 Å². The fraction of sp³-hybridized carbons (Fsp3) is 0.480. The number of aromatic nitrogens is 1. The average Bonchev–Trinajstić information content (AvgIpc) is 2.81. The molecule has 2 rings (SSSR count). The van der Waals surface area contributed by atoms with Crippen molar-refractivity contribution in [2.45, 2.75) is 51.8 Å². The van der Waals surface area contributed by atoms with Crippen molar-refractivity contribution >= 4 is 35.2 Å². The van der Waals surface area contributed by atoms with Crippen LogP contribution in [0.5, 0.6) is 11.5 Å². The zero-order valence-electron chi connectivity index (χ0n) is 21.7. The molecule has 1 heterocycles. The van der Waals surface area contributed by atoms with E-state index in [-0.39, 0.29) is 23.2 Å². The summed E-state index contributed by atoms with van der Waals surface area (Å²) in [6, 6.07) is 7.44. The number of alkyl carbamates (subject to hydrolysis) is 1. The molecule has 0 spiro atoms. The number of nitrogens with one attached hydrogen (secondary N) is 3. The SMILES string of the molecule is COc1cc(Nc2nc(N[C@H](CCSC)[C@H](C)NC(=O)OC(C)(C)C)c(F)cc2C#N)cc(OC)c1. The maximum absolute atomic E-state index is 15.0. The molecule has 3 N–H and O–H groups in total. The van der Waals surface area contributed by atoms with E-state index in [1.807, 2.05) is 19.2 Å². The lowest BCUT2D eigenvalue weighted by molar-refractivity contribution is 0.0503. The van der Waals surface area contributed by atoms with E-state index >= 15 is 0 Å². The van der Waals surface area contributed by atoms with Crippen LogP contribution in [0.15, 0.2) is 24.3 Å². The summed E-state index contributed by atoms with van der Waals surface area (Å²) >= 11 is 1.63. The number of ether oxygens (including phenoxy) is 3. The van der Waals surface area contributed by atoms with Gasteiger partial charge in [0.15, 0.2) is 17.5 Å². The summed E-state index contributed by atoms with van der Waals surface area (Å²) < 4.78 is 30.9. The monoisotopic (exact) mass is 519 g/mol. The minimum Gasteiger partial charge on any atom is -0.497 e. The van der Waals surface area contributed by atoms with E-state index in [0.29, 0.717) is 23.6 Å². The molecule has 0 fully saturated rings. The maximum Gasteiger partial charge on any atom is 0.407 e. The van der Waals surface area contributed by atoms with Gasteiger partial charge in [0.2, 0.25) is 0 Å². The number of benzene rings is 1. The largest absolute Gasteiger partial charge is 0.497 e. The number of nitriles is 1. The number of hydrogen-bond acceptors (Lipinski definition) is 9. The Morgan fingerprint density at radius 2 is 1.81 bits per heavy atom. The highest BCUT2D eigenvalue weighted by Gasteiger charge is 2.24. The lowest BCUT2D eigenvalue weighted by Crippen LogP contribution is -2.47. The Labute approximate surface area is 216 Å². The number of amides is 1. The molecular formula is C25H34FN5O4S. The van der Waals surface area contributed by atoms with Crippen molar-refractivity contribution in [3.63, 3.8) is 0 Å². The van der Waals surface area contributed by atoms with E-state index in [0.717, 1.165) is 11.8 Å². The van der Waals surface area contributed by atoms with Gasteiger partial charge in [-0.25, -0.2) is 14.2 Å². The third-order valence-electron chi connectivity index (χ3n) is 5.01. The first-order valence-corrected chi connectivity index (χ1v) is 12.7. The third kappa shape index (κ3) is 8.68. The Morgan fingerprint density at radius 1 is 1.17 bits per heavy atom. The Hall–Kier alpha value is -3.39. The summed E-state index contributed by atoms with van der Waals surface area (Å²) in [6.45, 7) is 7.15. The van der Waals surface area contributed by atoms with E-state index in [9.17, 15) is 14.4 Å². The van der Waals surface area contributed by atoms with Crippen molar-refractivity contribution in [3.05, 3.63) is 35.6 Å². The molecule has 196 valence electrons. The second-order valence-electron chi connectivity index (χ2n) is 9.02. The number of rotatable bonds is 11. The van der Waals surface area contributed by atoms with E-state index < -0.39 is 23.6 Å². The highest BCUT2D eigenvalue weighted by molar-refractivity contribution is 7.98. The fourth-order valence-electron chi connectivity index (χ4n) is 3.25. The number of pyridine rings is 1. The van der Waals surface area contributed by atoms with Crippen molar-refractivity contribution in [1.29, 1.82) is 5.26 Å². The van der Waals surface area contributed by atoms with Gasteiger partial charge in [0.25, 0.3) is 0 Å². The number of thioether (sulfide) groups is 1. The number of hydrogen-bond donors (Lipinski definition) is 3. The van der Waals surface area contributed by atoms with Crippen LogP contribution in [0.25, 0.3) is 0 Å². The molecule has 36 heavy (non-hydrogen) atoms. The maximum atomic E-state index is 15.0. The first kappa shape index (κ1) is 28.8. The predicted molar refractivity (Wildman–Crippen MR) is 141 cm³/mol. The molecule has 1 aromatic carbocycles. The highest BCUT2D eigenvalue weighted by atomic mass is 32.2. The summed E-state index contributed by atoms with van der Waals surface area (Å²) in [4.78, 5) is 16.7. The van der Waals surface area contributed by atoms with Crippen LogP contribution in [0.2, 0.25) is 0 Å². The Bertz CT molecular complexity index is 1070. The molecule has 2 aromatic rings. The predicted octanol–water partition coefficient (Wildman–Crippen LogP) is 5.30. The van der Waals surface area contributed by atoms with Gasteiger partial charge in [-0.2, -0.15) is 17.0 Å². The molecule has 0 radical (unpaired) electrons. The number of anilines is 3. The number of halogens is 1. The number of nitrogens with zero attached hydrogens (tertiary/aromatic N) is 2. The molecule has 0 unspecified atom stereocenters. The molecule has 1 aromatic heterocycles. The van der Waals surface area contributed by atoms with Gasteiger partial charge in [0.05, 0.1) is 19.8 Å². The molecule has 0 aliphatic rings. The summed E-state index contributed by atoms with van der Waals surface area (Å²) in [5, 5.41) is 18.5. The minimum atomic E-state index is -0.682. The van der Waals surface area contributed by atoms with E-state index in [1.54, 1.807) is 50.7 Å². The molecule has 0 aliphatic carbocycles. The summed E-state index contributed by atoms with van der Waals surface area (Å²) in [7, 11) is 3.05. The van der Waals surface area contributed by atoms with E-state index in [2.05, 4.69) is 20.9 Å². The van der Waals surface area contributed by atoms with Crippen molar-refractivity contribution < 1.29 is 23.4 Å².